The molecule has 0 unspecified atom stereocenters. The van der Waals surface area contributed by atoms with E-state index in [1.54, 1.807) is 0 Å². The van der Waals surface area contributed by atoms with Gasteiger partial charge in [0.25, 0.3) is 0 Å². The van der Waals surface area contributed by atoms with Crippen LogP contribution in [0.25, 0.3) is 0 Å². The number of nitrogens with zero attached hydrogens (tertiary/aromatic N) is 4. The van der Waals surface area contributed by atoms with Crippen LogP contribution in [-0.2, 0) is 6.42 Å². The lowest BCUT2D eigenvalue weighted by Gasteiger charge is -2.42. The minimum atomic E-state index is 0.868. The van der Waals surface area contributed by atoms with Crippen LogP contribution in [0.4, 0.5) is 5.95 Å². The molecule has 2 fully saturated rings. The Morgan fingerprint density at radius 3 is 2.47 bits per heavy atom. The predicted octanol–water partition coefficient (Wildman–Crippen LogP) is 2.02. The molecule has 2 heterocycles. The first-order valence-corrected chi connectivity index (χ1v) is 7.59. The van der Waals surface area contributed by atoms with Gasteiger partial charge in [-0.3, -0.25) is 4.90 Å². The molecule has 1 saturated carbocycles. The Morgan fingerprint density at radius 1 is 1.21 bits per heavy atom. The van der Waals surface area contributed by atoms with E-state index in [1.807, 2.05) is 6.20 Å². The molecular weight excluding hydrogens is 236 g/mol. The normalized spacial score (nSPS) is 21.5. The molecule has 1 aromatic heterocycles. The van der Waals surface area contributed by atoms with Gasteiger partial charge in [0.15, 0.2) is 0 Å². The maximum absolute atomic E-state index is 4.67. The van der Waals surface area contributed by atoms with Crippen LogP contribution in [0.3, 0.4) is 0 Å². The summed E-state index contributed by atoms with van der Waals surface area (Å²) in [6.07, 6.45) is 7.24. The maximum atomic E-state index is 4.67. The highest BCUT2D eigenvalue weighted by Crippen LogP contribution is 2.26. The predicted molar refractivity (Wildman–Crippen MR) is 77.6 cm³/mol. The number of hydrogen-bond donors (Lipinski definition) is 0. The fourth-order valence-electron chi connectivity index (χ4n) is 3.02. The Labute approximate surface area is 115 Å². The molecule has 0 atom stereocenters. The molecule has 4 heteroatoms. The Bertz CT molecular complexity index is 434. The molecule has 19 heavy (non-hydrogen) atoms. The average molecular weight is 260 g/mol. The van der Waals surface area contributed by atoms with E-state index in [0.29, 0.717) is 0 Å². The molecule has 104 valence electrons. The van der Waals surface area contributed by atoms with Crippen molar-refractivity contribution in [2.45, 2.75) is 45.6 Å². The second-order valence-corrected chi connectivity index (χ2v) is 5.74. The third-order valence-corrected chi connectivity index (χ3v) is 4.64. The van der Waals surface area contributed by atoms with Gasteiger partial charge < -0.3 is 4.90 Å². The number of anilines is 1. The van der Waals surface area contributed by atoms with E-state index >= 15 is 0 Å². The van der Waals surface area contributed by atoms with Crippen molar-refractivity contribution >= 4 is 5.95 Å². The van der Waals surface area contributed by atoms with Gasteiger partial charge in [-0.15, -0.1) is 0 Å². The zero-order valence-corrected chi connectivity index (χ0v) is 12.1. The van der Waals surface area contributed by atoms with E-state index < -0.39 is 0 Å². The van der Waals surface area contributed by atoms with Crippen LogP contribution in [0.15, 0.2) is 6.20 Å². The number of aryl methyl sites for hydroxylation is 2. The highest BCUT2D eigenvalue weighted by molar-refractivity contribution is 5.33. The molecule has 4 nitrogen and oxygen atoms in total. The van der Waals surface area contributed by atoms with E-state index in [4.69, 9.17) is 0 Å². The van der Waals surface area contributed by atoms with Crippen LogP contribution in [0.5, 0.6) is 0 Å². The van der Waals surface area contributed by atoms with E-state index in [1.165, 1.54) is 37.9 Å². The average Bonchev–Trinajstić information content (AvgIpc) is 2.37. The molecule has 2 aliphatic rings. The lowest BCUT2D eigenvalue weighted by molar-refractivity contribution is 0.120. The zero-order valence-electron chi connectivity index (χ0n) is 12.1. The first kappa shape index (κ1) is 12.9. The zero-order chi connectivity index (χ0) is 13.2. The molecule has 1 aliphatic carbocycles. The van der Waals surface area contributed by atoms with Gasteiger partial charge in [-0.05, 0) is 31.7 Å². The third kappa shape index (κ3) is 2.59. The second kappa shape index (κ2) is 5.45. The summed E-state index contributed by atoms with van der Waals surface area (Å²) in [5, 5.41) is 0. The van der Waals surface area contributed by atoms with Gasteiger partial charge in [-0.2, -0.15) is 0 Å². The monoisotopic (exact) mass is 260 g/mol. The molecule has 1 aliphatic heterocycles. The molecule has 0 amide bonds. The van der Waals surface area contributed by atoms with Crippen molar-refractivity contribution in [2.75, 3.05) is 31.1 Å². The van der Waals surface area contributed by atoms with E-state index in [0.717, 1.165) is 37.2 Å². The van der Waals surface area contributed by atoms with E-state index in [2.05, 4.69) is 33.6 Å². The van der Waals surface area contributed by atoms with Gasteiger partial charge in [-0.1, -0.05) is 13.3 Å². The second-order valence-electron chi connectivity index (χ2n) is 5.74. The number of hydrogen-bond acceptors (Lipinski definition) is 4. The summed E-state index contributed by atoms with van der Waals surface area (Å²) in [4.78, 5) is 14.2. The Balaban J connectivity index is 1.62. The minimum absolute atomic E-state index is 0.868. The Kier molecular flexibility index (Phi) is 3.69. The van der Waals surface area contributed by atoms with E-state index in [-0.39, 0.29) is 0 Å². The maximum Gasteiger partial charge on any atom is 0.225 e. The van der Waals surface area contributed by atoms with Gasteiger partial charge in [0, 0.05) is 44.1 Å². The van der Waals surface area contributed by atoms with Gasteiger partial charge in [0.2, 0.25) is 5.95 Å². The van der Waals surface area contributed by atoms with Crippen molar-refractivity contribution in [3.05, 3.63) is 17.5 Å². The highest BCUT2D eigenvalue weighted by Gasteiger charge is 2.28. The molecular formula is C15H24N4. The van der Waals surface area contributed by atoms with Gasteiger partial charge in [0.1, 0.15) is 0 Å². The summed E-state index contributed by atoms with van der Waals surface area (Å²) in [5.74, 6) is 0.919. The van der Waals surface area contributed by atoms with Gasteiger partial charge >= 0.3 is 0 Å². The van der Waals surface area contributed by atoms with Gasteiger partial charge in [-0.25, -0.2) is 9.97 Å². The molecule has 0 N–H and O–H groups in total. The molecule has 0 aromatic carbocycles. The lowest BCUT2D eigenvalue weighted by atomic mass is 9.91. The summed E-state index contributed by atoms with van der Waals surface area (Å²) >= 11 is 0. The molecule has 0 bridgehead atoms. The molecule has 0 spiro atoms. The first-order valence-electron chi connectivity index (χ1n) is 7.59. The summed E-state index contributed by atoms with van der Waals surface area (Å²) in [6, 6.07) is 0.868. The molecule has 1 aromatic rings. The van der Waals surface area contributed by atoms with Crippen molar-refractivity contribution in [3.63, 3.8) is 0 Å². The van der Waals surface area contributed by atoms with Crippen LogP contribution >= 0.6 is 0 Å². The Hall–Kier alpha value is -1.16. The van der Waals surface area contributed by atoms with Crippen LogP contribution < -0.4 is 4.90 Å². The smallest absolute Gasteiger partial charge is 0.225 e. The number of rotatable bonds is 3. The van der Waals surface area contributed by atoms with Crippen molar-refractivity contribution < 1.29 is 0 Å². The summed E-state index contributed by atoms with van der Waals surface area (Å²) in [7, 11) is 0. The standard InChI is InChI=1S/C15H24N4/c1-3-13-11-16-15(17-12(13)2)19-9-7-18(8-10-19)14-5-4-6-14/h11,14H,3-10H2,1-2H3. The highest BCUT2D eigenvalue weighted by atomic mass is 15.3. The molecule has 1 saturated heterocycles. The quantitative estimate of drug-likeness (QED) is 0.832. The first-order chi connectivity index (χ1) is 9.28. The fourth-order valence-corrected chi connectivity index (χ4v) is 3.02. The third-order valence-electron chi connectivity index (χ3n) is 4.64. The van der Waals surface area contributed by atoms with Crippen molar-refractivity contribution in [1.29, 1.82) is 0 Å². The topological polar surface area (TPSA) is 32.3 Å². The summed E-state index contributed by atoms with van der Waals surface area (Å²) in [5.41, 5.74) is 2.39. The SMILES string of the molecule is CCc1cnc(N2CCN(C3CCC3)CC2)nc1C. The van der Waals surface area contributed by atoms with Crippen molar-refractivity contribution in [1.82, 2.24) is 14.9 Å². The van der Waals surface area contributed by atoms with E-state index in [9.17, 15) is 0 Å². The summed E-state index contributed by atoms with van der Waals surface area (Å²) < 4.78 is 0. The lowest BCUT2D eigenvalue weighted by Crippen LogP contribution is -2.52. The van der Waals surface area contributed by atoms with Gasteiger partial charge in [0.05, 0.1) is 0 Å². The van der Waals surface area contributed by atoms with Crippen molar-refractivity contribution in [3.8, 4) is 0 Å². The molecule has 0 radical (unpaired) electrons. The summed E-state index contributed by atoms with van der Waals surface area (Å²) in [6.45, 7) is 8.73. The van der Waals surface area contributed by atoms with Crippen molar-refractivity contribution in [2.24, 2.45) is 0 Å². The Morgan fingerprint density at radius 2 is 1.95 bits per heavy atom. The minimum Gasteiger partial charge on any atom is -0.338 e. The fraction of sp³-hybridized carbons (Fsp3) is 0.733. The van der Waals surface area contributed by atoms with Crippen LogP contribution in [-0.4, -0.2) is 47.1 Å². The van der Waals surface area contributed by atoms with Crippen LogP contribution in [0.2, 0.25) is 0 Å². The number of aromatic nitrogens is 2. The van der Waals surface area contributed by atoms with Crippen LogP contribution in [0, 0.1) is 6.92 Å². The largest absolute Gasteiger partial charge is 0.338 e. The van der Waals surface area contributed by atoms with Crippen LogP contribution in [0.1, 0.15) is 37.4 Å². The molecule has 3 rings (SSSR count). The number of piperazine rings is 1.